The van der Waals surface area contributed by atoms with Gasteiger partial charge in [0.25, 0.3) is 5.91 Å². The summed E-state index contributed by atoms with van der Waals surface area (Å²) in [6.45, 7) is 2.40. The number of hydrogen-bond acceptors (Lipinski definition) is 2. The zero-order chi connectivity index (χ0) is 15.4. The predicted octanol–water partition coefficient (Wildman–Crippen LogP) is 3.86. The molecule has 0 unspecified atom stereocenters. The van der Waals surface area contributed by atoms with Crippen LogP contribution in [0.5, 0.6) is 0 Å². The molecule has 21 heavy (non-hydrogen) atoms. The van der Waals surface area contributed by atoms with Crippen LogP contribution in [0.2, 0.25) is 10.0 Å². The molecule has 0 fully saturated rings. The van der Waals surface area contributed by atoms with Crippen LogP contribution >= 0.6 is 23.2 Å². The molecule has 2 rings (SSSR count). The van der Waals surface area contributed by atoms with Gasteiger partial charge < -0.3 is 11.1 Å². The van der Waals surface area contributed by atoms with Crippen molar-refractivity contribution in [3.63, 3.8) is 0 Å². The molecular weight excluding hydrogens is 307 g/mol. The summed E-state index contributed by atoms with van der Waals surface area (Å²) in [6.07, 6.45) is 0.642. The first-order valence-electron chi connectivity index (χ1n) is 6.55. The number of hydrogen-bond donors (Lipinski definition) is 2. The third-order valence-electron chi connectivity index (χ3n) is 3.24. The molecule has 0 bridgehead atoms. The number of carbonyl (C=O) groups is 1. The maximum absolute atomic E-state index is 12.0. The summed E-state index contributed by atoms with van der Waals surface area (Å²) in [4.78, 5) is 12.0. The minimum Gasteiger partial charge on any atom is -0.398 e. The Kier molecular flexibility index (Phi) is 5.10. The summed E-state index contributed by atoms with van der Waals surface area (Å²) in [7, 11) is 0. The van der Waals surface area contributed by atoms with E-state index < -0.39 is 0 Å². The third-order valence-corrected chi connectivity index (χ3v) is 3.82. The van der Waals surface area contributed by atoms with E-state index in [9.17, 15) is 4.79 Å². The van der Waals surface area contributed by atoms with E-state index >= 15 is 0 Å². The fourth-order valence-electron chi connectivity index (χ4n) is 1.92. The summed E-state index contributed by atoms with van der Waals surface area (Å²) < 4.78 is 0. The average molecular weight is 323 g/mol. The van der Waals surface area contributed by atoms with Gasteiger partial charge in [-0.05, 0) is 48.7 Å². The molecule has 0 aliphatic carbocycles. The lowest BCUT2D eigenvalue weighted by molar-refractivity contribution is 0.0954. The van der Waals surface area contributed by atoms with Gasteiger partial charge in [-0.25, -0.2) is 0 Å². The molecule has 0 spiro atoms. The van der Waals surface area contributed by atoms with Gasteiger partial charge in [-0.2, -0.15) is 0 Å². The van der Waals surface area contributed by atoms with Crippen molar-refractivity contribution < 1.29 is 4.79 Å². The zero-order valence-electron chi connectivity index (χ0n) is 11.6. The second-order valence-corrected chi connectivity index (χ2v) is 5.66. The number of benzene rings is 2. The monoisotopic (exact) mass is 322 g/mol. The van der Waals surface area contributed by atoms with Gasteiger partial charge in [0.05, 0.1) is 0 Å². The highest BCUT2D eigenvalue weighted by molar-refractivity contribution is 6.35. The number of anilines is 1. The fraction of sp³-hybridized carbons (Fsp3) is 0.188. The fourth-order valence-corrected chi connectivity index (χ4v) is 2.42. The number of nitrogens with one attached hydrogen (secondary N) is 1. The highest BCUT2D eigenvalue weighted by Gasteiger charge is 2.07. The van der Waals surface area contributed by atoms with Crippen molar-refractivity contribution in [2.24, 2.45) is 0 Å². The number of aryl methyl sites for hydroxylation is 1. The van der Waals surface area contributed by atoms with Gasteiger partial charge in [-0.3, -0.25) is 4.79 Å². The molecule has 0 aliphatic heterocycles. The first-order valence-corrected chi connectivity index (χ1v) is 7.31. The minimum absolute atomic E-state index is 0.146. The van der Waals surface area contributed by atoms with Crippen LogP contribution in [0.4, 0.5) is 5.69 Å². The minimum atomic E-state index is -0.146. The van der Waals surface area contributed by atoms with Gasteiger partial charge in [0.1, 0.15) is 0 Å². The van der Waals surface area contributed by atoms with Crippen LogP contribution in [-0.4, -0.2) is 12.5 Å². The molecule has 2 aromatic carbocycles. The molecule has 0 saturated carbocycles. The van der Waals surface area contributed by atoms with Crippen molar-refractivity contribution in [2.45, 2.75) is 13.3 Å². The van der Waals surface area contributed by atoms with Crippen LogP contribution in [0.1, 0.15) is 21.5 Å². The molecule has 0 radical (unpaired) electrons. The molecular formula is C16H16Cl2N2O. The Bertz CT molecular complexity index is 671. The Hall–Kier alpha value is -1.71. The molecule has 5 heteroatoms. The second-order valence-electron chi connectivity index (χ2n) is 4.81. The van der Waals surface area contributed by atoms with Gasteiger partial charge in [-0.15, -0.1) is 0 Å². The van der Waals surface area contributed by atoms with Crippen LogP contribution < -0.4 is 11.1 Å². The molecule has 0 aromatic heterocycles. The van der Waals surface area contributed by atoms with Crippen molar-refractivity contribution in [3.05, 3.63) is 63.1 Å². The standard InChI is InChI=1S/C16H16Cl2N2O/c1-10-2-3-12(8-15(10)19)16(21)20-7-6-11-4-5-13(17)9-14(11)18/h2-5,8-9H,6-7,19H2,1H3,(H,20,21). The molecule has 0 heterocycles. The van der Waals surface area contributed by atoms with Gasteiger partial charge in [-0.1, -0.05) is 35.3 Å². The first-order chi connectivity index (χ1) is 9.97. The topological polar surface area (TPSA) is 55.1 Å². The number of halogens is 2. The van der Waals surface area contributed by atoms with Crippen LogP contribution in [-0.2, 0) is 6.42 Å². The normalized spacial score (nSPS) is 10.4. The highest BCUT2D eigenvalue weighted by Crippen LogP contribution is 2.21. The van der Waals surface area contributed by atoms with E-state index in [1.165, 1.54) is 0 Å². The molecule has 3 nitrogen and oxygen atoms in total. The van der Waals surface area contributed by atoms with E-state index in [4.69, 9.17) is 28.9 Å². The molecule has 2 aromatic rings. The Morgan fingerprint density at radius 1 is 1.19 bits per heavy atom. The second kappa shape index (κ2) is 6.83. The van der Waals surface area contributed by atoms with E-state index in [1.54, 1.807) is 24.3 Å². The molecule has 1 amide bonds. The van der Waals surface area contributed by atoms with Crippen molar-refractivity contribution in [1.29, 1.82) is 0 Å². The number of nitrogens with two attached hydrogens (primary N) is 1. The predicted molar refractivity (Wildman–Crippen MR) is 88.1 cm³/mol. The van der Waals surface area contributed by atoms with Crippen LogP contribution in [0.25, 0.3) is 0 Å². The van der Waals surface area contributed by atoms with Gasteiger partial charge in [0.15, 0.2) is 0 Å². The van der Waals surface area contributed by atoms with E-state index in [-0.39, 0.29) is 5.91 Å². The molecule has 110 valence electrons. The van der Waals surface area contributed by atoms with Crippen LogP contribution in [0, 0.1) is 6.92 Å². The number of rotatable bonds is 4. The SMILES string of the molecule is Cc1ccc(C(=O)NCCc2ccc(Cl)cc2Cl)cc1N. The number of amides is 1. The summed E-state index contributed by atoms with van der Waals surface area (Å²) in [6, 6.07) is 10.6. The Labute approximate surface area is 134 Å². The average Bonchev–Trinajstić information content (AvgIpc) is 2.44. The molecule has 0 saturated heterocycles. The van der Waals surface area contributed by atoms with Gasteiger partial charge in [0, 0.05) is 27.8 Å². The third kappa shape index (κ3) is 4.13. The van der Waals surface area contributed by atoms with Crippen LogP contribution in [0.15, 0.2) is 36.4 Å². The van der Waals surface area contributed by atoms with E-state index in [0.29, 0.717) is 34.3 Å². The Morgan fingerprint density at radius 2 is 1.95 bits per heavy atom. The summed E-state index contributed by atoms with van der Waals surface area (Å²) >= 11 is 11.9. The highest BCUT2D eigenvalue weighted by atomic mass is 35.5. The van der Waals surface area contributed by atoms with Crippen molar-refractivity contribution in [3.8, 4) is 0 Å². The van der Waals surface area contributed by atoms with Gasteiger partial charge >= 0.3 is 0 Å². The summed E-state index contributed by atoms with van der Waals surface area (Å²) in [5, 5.41) is 4.06. The molecule has 3 N–H and O–H groups in total. The molecule has 0 atom stereocenters. The quantitative estimate of drug-likeness (QED) is 0.840. The maximum atomic E-state index is 12.0. The lowest BCUT2D eigenvalue weighted by atomic mass is 10.1. The summed E-state index contributed by atoms with van der Waals surface area (Å²) in [5.74, 6) is -0.146. The molecule has 0 aliphatic rings. The lowest BCUT2D eigenvalue weighted by Gasteiger charge is -2.08. The maximum Gasteiger partial charge on any atom is 0.251 e. The lowest BCUT2D eigenvalue weighted by Crippen LogP contribution is -2.25. The first kappa shape index (κ1) is 15.7. The number of carbonyl (C=O) groups excluding carboxylic acids is 1. The van der Waals surface area contributed by atoms with Gasteiger partial charge in [0.2, 0.25) is 0 Å². The van der Waals surface area contributed by atoms with Crippen molar-refractivity contribution in [2.75, 3.05) is 12.3 Å². The van der Waals surface area contributed by atoms with Crippen molar-refractivity contribution in [1.82, 2.24) is 5.32 Å². The van der Waals surface area contributed by atoms with E-state index in [2.05, 4.69) is 5.32 Å². The van der Waals surface area contributed by atoms with Crippen molar-refractivity contribution >= 4 is 34.8 Å². The zero-order valence-corrected chi connectivity index (χ0v) is 13.1. The van der Waals surface area contributed by atoms with E-state index in [1.807, 2.05) is 19.1 Å². The largest absolute Gasteiger partial charge is 0.398 e. The Balaban J connectivity index is 1.93. The number of nitrogen functional groups attached to an aromatic ring is 1. The Morgan fingerprint density at radius 3 is 2.62 bits per heavy atom. The van der Waals surface area contributed by atoms with Crippen LogP contribution in [0.3, 0.4) is 0 Å². The van der Waals surface area contributed by atoms with E-state index in [0.717, 1.165) is 11.1 Å². The summed E-state index contributed by atoms with van der Waals surface area (Å²) in [5.41, 5.74) is 8.88. The smallest absolute Gasteiger partial charge is 0.251 e.